The number of allylic oxidation sites excluding steroid dienone is 1. The molecule has 0 saturated heterocycles. The summed E-state index contributed by atoms with van der Waals surface area (Å²) in [6, 6.07) is 0. The third-order valence-electron chi connectivity index (χ3n) is 5.40. The fourth-order valence-corrected chi connectivity index (χ4v) is 5.26. The van der Waals surface area contributed by atoms with E-state index >= 15 is 0 Å². The van der Waals surface area contributed by atoms with Gasteiger partial charge in [0.2, 0.25) is 0 Å². The van der Waals surface area contributed by atoms with Gasteiger partial charge in [-0.25, -0.2) is 9.36 Å². The molecule has 27 heavy (non-hydrogen) atoms. The second-order valence-corrected chi connectivity index (χ2v) is 9.74. The smallest absolute Gasteiger partial charge is 0.378 e. The number of hydrogen-bond donors (Lipinski definition) is 0. The van der Waals surface area contributed by atoms with Gasteiger partial charge in [0.05, 0.1) is 18.8 Å². The third kappa shape index (κ3) is 8.83. The Morgan fingerprint density at radius 2 is 1.59 bits per heavy atom. The molecule has 0 fully saturated rings. The van der Waals surface area contributed by atoms with E-state index in [2.05, 4.69) is 6.92 Å². The number of hydrogen-bond acceptors (Lipinski definition) is 5. The first-order valence-electron chi connectivity index (χ1n) is 10.6. The molecule has 0 saturated carbocycles. The molecule has 5 nitrogen and oxygen atoms in total. The summed E-state index contributed by atoms with van der Waals surface area (Å²) < 4.78 is 28.1. The molecule has 0 aromatic rings. The Morgan fingerprint density at radius 3 is 2.11 bits per heavy atom. The molecule has 0 aliphatic carbocycles. The molecular formula is C21H39O5P. The standard InChI is InChI=1S/C21H39O5P/c1-5-6-7-8-9-10-11-12-13-14-15-19-16-17-27(23,25-4)26-18(2)20(19)21(22)24-3/h19H,5-17H2,1-4H3/t19-,27-/m0/s1. The molecule has 1 heterocycles. The monoisotopic (exact) mass is 402 g/mol. The highest BCUT2D eigenvalue weighted by Gasteiger charge is 2.35. The second kappa shape index (κ2) is 13.4. The first-order valence-corrected chi connectivity index (χ1v) is 12.3. The van der Waals surface area contributed by atoms with Gasteiger partial charge in [-0.3, -0.25) is 0 Å². The molecule has 0 aromatic heterocycles. The molecule has 0 spiro atoms. The van der Waals surface area contributed by atoms with Gasteiger partial charge in [-0.15, -0.1) is 0 Å². The summed E-state index contributed by atoms with van der Waals surface area (Å²) in [6.07, 6.45) is 14.7. The first-order chi connectivity index (χ1) is 13.0. The molecular weight excluding hydrogens is 363 g/mol. The average Bonchev–Trinajstić information content (AvgIpc) is 2.79. The van der Waals surface area contributed by atoms with Crippen LogP contribution < -0.4 is 0 Å². The van der Waals surface area contributed by atoms with Gasteiger partial charge in [-0.1, -0.05) is 71.1 Å². The zero-order chi connectivity index (χ0) is 20.1. The highest BCUT2D eigenvalue weighted by atomic mass is 31.2. The van der Waals surface area contributed by atoms with Crippen LogP contribution in [-0.4, -0.2) is 26.4 Å². The summed E-state index contributed by atoms with van der Waals surface area (Å²) in [7, 11) is -0.377. The van der Waals surface area contributed by atoms with E-state index in [0.717, 1.165) is 12.8 Å². The van der Waals surface area contributed by atoms with Crippen LogP contribution in [0.5, 0.6) is 0 Å². The van der Waals surface area contributed by atoms with Crippen LogP contribution >= 0.6 is 7.60 Å². The van der Waals surface area contributed by atoms with E-state index in [9.17, 15) is 9.36 Å². The summed E-state index contributed by atoms with van der Waals surface area (Å²) in [5, 5.41) is 0. The minimum atomic E-state index is -3.15. The maximum atomic E-state index is 12.5. The molecule has 2 atom stereocenters. The second-order valence-electron chi connectivity index (χ2n) is 7.53. The van der Waals surface area contributed by atoms with Gasteiger partial charge in [0.15, 0.2) is 0 Å². The Bertz CT molecular complexity index is 515. The quantitative estimate of drug-likeness (QED) is 0.197. The number of unbranched alkanes of at least 4 members (excludes halogenated alkanes) is 9. The summed E-state index contributed by atoms with van der Waals surface area (Å²) >= 11 is 0. The van der Waals surface area contributed by atoms with Gasteiger partial charge in [-0.2, -0.15) is 0 Å². The number of ether oxygens (including phenoxy) is 1. The van der Waals surface area contributed by atoms with Crippen LogP contribution in [0.15, 0.2) is 11.3 Å². The van der Waals surface area contributed by atoms with Gasteiger partial charge in [0.25, 0.3) is 0 Å². The van der Waals surface area contributed by atoms with Crippen molar-refractivity contribution in [3.63, 3.8) is 0 Å². The van der Waals surface area contributed by atoms with Crippen molar-refractivity contribution in [1.29, 1.82) is 0 Å². The highest BCUT2D eigenvalue weighted by molar-refractivity contribution is 7.53. The van der Waals surface area contributed by atoms with Crippen LogP contribution in [0.3, 0.4) is 0 Å². The predicted octanol–water partition coefficient (Wildman–Crippen LogP) is 6.62. The summed E-state index contributed by atoms with van der Waals surface area (Å²) in [5.74, 6) is 0.0354. The SMILES string of the molecule is CCCCCCCCCCCC[C@H]1CC[P@](=O)(OC)OC(C)=C1C(=O)OC. The number of carbonyl (C=O) groups is 1. The number of methoxy groups -OCH3 is 1. The lowest BCUT2D eigenvalue weighted by molar-refractivity contribution is -0.137. The van der Waals surface area contributed by atoms with Gasteiger partial charge >= 0.3 is 13.6 Å². The Hall–Kier alpha value is -0.800. The maximum Gasteiger partial charge on any atom is 0.378 e. The molecule has 0 radical (unpaired) electrons. The van der Waals surface area contributed by atoms with Crippen LogP contribution in [0.1, 0.15) is 90.9 Å². The summed E-state index contributed by atoms with van der Waals surface area (Å²) in [6.45, 7) is 3.94. The van der Waals surface area contributed by atoms with Crippen molar-refractivity contribution in [2.45, 2.75) is 90.9 Å². The van der Waals surface area contributed by atoms with E-state index in [4.69, 9.17) is 13.8 Å². The van der Waals surface area contributed by atoms with Crippen LogP contribution in [0.25, 0.3) is 0 Å². The Morgan fingerprint density at radius 1 is 1.04 bits per heavy atom. The molecule has 158 valence electrons. The lowest BCUT2D eigenvalue weighted by Crippen LogP contribution is -2.16. The van der Waals surface area contributed by atoms with Gasteiger partial charge in [0, 0.05) is 7.11 Å². The average molecular weight is 403 g/mol. The van der Waals surface area contributed by atoms with E-state index in [1.165, 1.54) is 72.0 Å². The van der Waals surface area contributed by atoms with Crippen LogP contribution in [0.2, 0.25) is 0 Å². The summed E-state index contributed by atoms with van der Waals surface area (Å²) in [5.41, 5.74) is 0.531. The lowest BCUT2D eigenvalue weighted by Gasteiger charge is -2.17. The minimum absolute atomic E-state index is 0.0254. The predicted molar refractivity (Wildman–Crippen MR) is 110 cm³/mol. The Kier molecular flexibility index (Phi) is 12.0. The minimum Gasteiger partial charge on any atom is -0.466 e. The maximum absolute atomic E-state index is 12.5. The first kappa shape index (κ1) is 24.2. The Balaban J connectivity index is 2.42. The van der Waals surface area contributed by atoms with Gasteiger partial charge in [-0.05, 0) is 25.7 Å². The van der Waals surface area contributed by atoms with Crippen molar-refractivity contribution in [2.24, 2.45) is 5.92 Å². The van der Waals surface area contributed by atoms with Crippen molar-refractivity contribution < 1.29 is 23.1 Å². The molecule has 6 heteroatoms. The van der Waals surface area contributed by atoms with Crippen LogP contribution in [-0.2, 0) is 23.1 Å². The van der Waals surface area contributed by atoms with Gasteiger partial charge in [0.1, 0.15) is 5.76 Å². The third-order valence-corrected chi connectivity index (χ3v) is 7.32. The fraction of sp³-hybridized carbons (Fsp3) is 0.857. The molecule has 0 aromatic carbocycles. The number of carbonyl (C=O) groups excluding carboxylic acids is 1. The molecule has 0 N–H and O–H groups in total. The largest absolute Gasteiger partial charge is 0.466 e. The van der Waals surface area contributed by atoms with Gasteiger partial charge < -0.3 is 13.8 Å². The fourth-order valence-electron chi connectivity index (χ4n) is 3.76. The molecule has 0 amide bonds. The van der Waals surface area contributed by atoms with Crippen molar-refractivity contribution in [1.82, 2.24) is 0 Å². The normalized spacial score (nSPS) is 23.0. The molecule has 1 aliphatic rings. The lowest BCUT2D eigenvalue weighted by atomic mass is 9.89. The molecule has 0 unspecified atom stereocenters. The number of esters is 1. The van der Waals surface area contributed by atoms with E-state index in [-0.39, 0.29) is 11.9 Å². The molecule has 0 bridgehead atoms. The Labute approximate surface area is 165 Å². The number of rotatable bonds is 13. The topological polar surface area (TPSA) is 61.8 Å². The molecule has 1 rings (SSSR count). The van der Waals surface area contributed by atoms with Crippen molar-refractivity contribution in [3.05, 3.63) is 11.3 Å². The molecule has 1 aliphatic heterocycles. The van der Waals surface area contributed by atoms with Crippen LogP contribution in [0.4, 0.5) is 0 Å². The van der Waals surface area contributed by atoms with E-state index in [1.54, 1.807) is 6.92 Å². The van der Waals surface area contributed by atoms with Crippen molar-refractivity contribution in [2.75, 3.05) is 20.4 Å². The highest BCUT2D eigenvalue weighted by Crippen LogP contribution is 2.54. The zero-order valence-electron chi connectivity index (χ0n) is 17.8. The van der Waals surface area contributed by atoms with E-state index in [0.29, 0.717) is 23.9 Å². The van der Waals surface area contributed by atoms with E-state index < -0.39 is 7.60 Å². The van der Waals surface area contributed by atoms with E-state index in [1.807, 2.05) is 0 Å². The van der Waals surface area contributed by atoms with Crippen LogP contribution in [0, 0.1) is 5.92 Å². The summed E-state index contributed by atoms with van der Waals surface area (Å²) in [4.78, 5) is 12.2. The van der Waals surface area contributed by atoms with Crippen molar-refractivity contribution >= 4 is 13.6 Å². The van der Waals surface area contributed by atoms with Crippen molar-refractivity contribution in [3.8, 4) is 0 Å². The zero-order valence-corrected chi connectivity index (χ0v) is 18.7.